The molecule has 156 valence electrons. The van der Waals surface area contributed by atoms with Crippen molar-refractivity contribution in [2.75, 3.05) is 0 Å². The Hall–Kier alpha value is -2.52. The zero-order chi connectivity index (χ0) is 20.8. The summed E-state index contributed by atoms with van der Waals surface area (Å²) in [5.41, 5.74) is -2.83. The van der Waals surface area contributed by atoms with Gasteiger partial charge in [-0.15, -0.1) is 0 Å². The van der Waals surface area contributed by atoms with E-state index < -0.39 is 16.5 Å². The largest absolute Gasteiger partial charge is 0.347 e. The maximum Gasteiger partial charge on any atom is 0.347 e. The first-order valence-corrected chi connectivity index (χ1v) is 10.3. The highest BCUT2D eigenvalue weighted by molar-refractivity contribution is 5.23. The Morgan fingerprint density at radius 2 is 1.34 bits per heavy atom. The number of nitrogens with zero attached hydrogens (tertiary/aromatic N) is 6. The molecule has 4 bridgehead atoms. The Balaban J connectivity index is 1.79. The molecule has 2 aromatic rings. The van der Waals surface area contributed by atoms with Gasteiger partial charge in [-0.2, -0.15) is 0 Å². The van der Waals surface area contributed by atoms with Gasteiger partial charge in [-0.3, -0.25) is 0 Å². The number of hydrogen-bond donors (Lipinski definition) is 0. The van der Waals surface area contributed by atoms with Gasteiger partial charge in [0, 0.05) is 25.4 Å². The summed E-state index contributed by atoms with van der Waals surface area (Å²) in [6, 6.07) is -0.369. The van der Waals surface area contributed by atoms with Gasteiger partial charge in [-0.05, 0) is 39.5 Å². The van der Waals surface area contributed by atoms with E-state index in [2.05, 4.69) is 20.8 Å². The molecular weight excluding hydrogens is 376 g/mol. The minimum Gasteiger partial charge on any atom is -0.246 e. The van der Waals surface area contributed by atoms with Crippen LogP contribution in [0.4, 0.5) is 0 Å². The summed E-state index contributed by atoms with van der Waals surface area (Å²) in [7, 11) is 3.05. The molecule has 0 amide bonds. The Morgan fingerprint density at radius 1 is 0.759 bits per heavy atom. The van der Waals surface area contributed by atoms with Crippen molar-refractivity contribution in [3.63, 3.8) is 0 Å². The first-order valence-electron chi connectivity index (χ1n) is 10.3. The molecule has 6 atom stereocenters. The van der Waals surface area contributed by atoms with Crippen LogP contribution in [0, 0.1) is 11.3 Å². The molecule has 8 rings (SSSR count). The van der Waals surface area contributed by atoms with Gasteiger partial charge in [0.2, 0.25) is 0 Å². The van der Waals surface area contributed by atoms with Crippen LogP contribution < -0.4 is 22.8 Å². The fraction of sp³-hybridized carbons (Fsp3) is 0.789. The highest BCUT2D eigenvalue weighted by atomic mass is 16.2. The molecule has 0 N–H and O–H groups in total. The zero-order valence-electron chi connectivity index (χ0n) is 17.4. The monoisotopic (exact) mass is 402 g/mol. The summed E-state index contributed by atoms with van der Waals surface area (Å²) in [5, 5.41) is 0. The van der Waals surface area contributed by atoms with E-state index in [0.29, 0.717) is 0 Å². The van der Waals surface area contributed by atoms with Crippen molar-refractivity contribution in [1.82, 2.24) is 27.9 Å². The van der Waals surface area contributed by atoms with Crippen molar-refractivity contribution in [2.24, 2.45) is 25.4 Å². The minimum atomic E-state index is -0.618. The van der Waals surface area contributed by atoms with Crippen LogP contribution >= 0.6 is 0 Å². The van der Waals surface area contributed by atoms with Crippen molar-refractivity contribution in [3.8, 4) is 0 Å². The van der Waals surface area contributed by atoms with Crippen molar-refractivity contribution < 1.29 is 0 Å². The predicted molar refractivity (Wildman–Crippen MR) is 103 cm³/mol. The molecular formula is C19H26N6O4. The lowest BCUT2D eigenvalue weighted by molar-refractivity contribution is -0.242. The molecule has 0 saturated heterocycles. The number of rotatable bonds is 0. The van der Waals surface area contributed by atoms with Crippen molar-refractivity contribution in [3.05, 3.63) is 41.9 Å². The molecule has 4 aliphatic heterocycles. The third-order valence-corrected chi connectivity index (χ3v) is 9.30. The van der Waals surface area contributed by atoms with E-state index in [1.54, 1.807) is 18.7 Å². The summed E-state index contributed by atoms with van der Waals surface area (Å²) in [6.07, 6.45) is 3.11. The smallest absolute Gasteiger partial charge is 0.246 e. The quantitative estimate of drug-likeness (QED) is 0.591. The van der Waals surface area contributed by atoms with Gasteiger partial charge in [0.1, 0.15) is 0 Å². The fourth-order valence-corrected chi connectivity index (χ4v) is 7.91. The van der Waals surface area contributed by atoms with E-state index in [-0.39, 0.29) is 40.8 Å². The molecule has 0 radical (unpaired) electrons. The van der Waals surface area contributed by atoms with E-state index >= 15 is 0 Å². The number of hydrogen-bond acceptors (Lipinski definition) is 4. The first kappa shape index (κ1) is 17.3. The second kappa shape index (κ2) is 4.46. The Morgan fingerprint density at radius 3 is 2.00 bits per heavy atom. The SMILES string of the molecule is Cn1c(=O)n2n(c1=O)[C@]1(C)CC[C@H]2C2[C@@]3(C)CC[C@H](n4c(=O)n(C)c(=O)n43)[C@@]21C. The number of fused-ring (bicyclic) bond motifs is 2. The Labute approximate surface area is 165 Å². The molecule has 29 heavy (non-hydrogen) atoms. The van der Waals surface area contributed by atoms with Crippen LogP contribution in [0.2, 0.25) is 0 Å². The highest BCUT2D eigenvalue weighted by Crippen LogP contribution is 2.71. The van der Waals surface area contributed by atoms with Gasteiger partial charge < -0.3 is 0 Å². The standard InChI is InChI=1S/C19H26N6O4/c1-17-8-7-11(23-14(27)21(5)15(28)24(17)23)19(3)12(17)10-6-9-18(19,2)25-16(29)20(4)13(26)22(10)25/h10-12H,6-9H2,1-5H3/t10-,11-,12?,17+,18+,19-/m0/s1. The molecule has 2 aromatic heterocycles. The normalized spacial score (nSPS) is 41.3. The molecule has 2 aliphatic carbocycles. The average molecular weight is 402 g/mol. The average Bonchev–Trinajstić information content (AvgIpc) is 3.05. The minimum absolute atomic E-state index is 0.0218. The second-order valence-corrected chi connectivity index (χ2v) is 10.1. The van der Waals surface area contributed by atoms with Gasteiger partial charge in [0.25, 0.3) is 0 Å². The Kier molecular flexibility index (Phi) is 2.67. The van der Waals surface area contributed by atoms with Crippen LogP contribution in [-0.2, 0) is 25.2 Å². The topological polar surface area (TPSA) is 97.9 Å². The van der Waals surface area contributed by atoms with Crippen molar-refractivity contribution in [1.29, 1.82) is 0 Å². The highest BCUT2D eigenvalue weighted by Gasteiger charge is 2.74. The predicted octanol–water partition coefficient (Wildman–Crippen LogP) is -0.539. The molecule has 6 aliphatic rings. The molecule has 1 unspecified atom stereocenters. The summed E-state index contributed by atoms with van der Waals surface area (Å²) >= 11 is 0. The van der Waals surface area contributed by atoms with Gasteiger partial charge in [0.15, 0.2) is 0 Å². The lowest BCUT2D eigenvalue weighted by atomic mass is 9.43. The molecule has 10 heteroatoms. The van der Waals surface area contributed by atoms with Crippen molar-refractivity contribution >= 4 is 0 Å². The molecule has 2 fully saturated rings. The summed E-state index contributed by atoms with van der Waals surface area (Å²) in [6.45, 7) is 6.29. The van der Waals surface area contributed by atoms with E-state index in [1.807, 2.05) is 0 Å². The summed E-state index contributed by atoms with van der Waals surface area (Å²) < 4.78 is 9.02. The van der Waals surface area contributed by atoms with Crippen LogP contribution in [0.25, 0.3) is 0 Å². The van der Waals surface area contributed by atoms with E-state index in [9.17, 15) is 19.2 Å². The van der Waals surface area contributed by atoms with Crippen LogP contribution in [-0.4, -0.2) is 27.9 Å². The molecule has 10 nitrogen and oxygen atoms in total. The third kappa shape index (κ3) is 1.39. The zero-order valence-corrected chi connectivity index (χ0v) is 17.4. The summed E-state index contributed by atoms with van der Waals surface area (Å²) in [4.78, 5) is 52.2. The van der Waals surface area contributed by atoms with Gasteiger partial charge in [0.05, 0.1) is 23.2 Å². The maximum atomic E-state index is 13.1. The van der Waals surface area contributed by atoms with Crippen LogP contribution in [0.5, 0.6) is 0 Å². The Bertz CT molecular complexity index is 1350. The lowest BCUT2D eigenvalue weighted by Gasteiger charge is -2.72. The fourth-order valence-electron chi connectivity index (χ4n) is 7.91. The molecule has 0 spiro atoms. The van der Waals surface area contributed by atoms with Crippen LogP contribution in [0.3, 0.4) is 0 Å². The second-order valence-electron chi connectivity index (χ2n) is 10.1. The lowest BCUT2D eigenvalue weighted by Crippen LogP contribution is -2.77. The van der Waals surface area contributed by atoms with E-state index in [4.69, 9.17) is 0 Å². The third-order valence-electron chi connectivity index (χ3n) is 9.30. The van der Waals surface area contributed by atoms with Crippen molar-refractivity contribution in [2.45, 2.75) is 69.6 Å². The number of aromatic nitrogens is 6. The van der Waals surface area contributed by atoms with Crippen LogP contribution in [0.1, 0.15) is 58.5 Å². The van der Waals surface area contributed by atoms with Gasteiger partial charge in [-0.1, -0.05) is 6.92 Å². The van der Waals surface area contributed by atoms with Crippen LogP contribution in [0.15, 0.2) is 19.2 Å². The maximum absolute atomic E-state index is 13.1. The molecule has 0 aromatic carbocycles. The van der Waals surface area contributed by atoms with Gasteiger partial charge >= 0.3 is 22.8 Å². The summed E-state index contributed by atoms with van der Waals surface area (Å²) in [5.74, 6) is -0.0218. The molecule has 6 heterocycles. The van der Waals surface area contributed by atoms with Gasteiger partial charge in [-0.25, -0.2) is 47.0 Å². The molecule has 2 saturated carbocycles. The van der Waals surface area contributed by atoms with E-state index in [1.165, 1.54) is 23.2 Å². The first-order chi connectivity index (χ1) is 13.5. The van der Waals surface area contributed by atoms with E-state index in [0.717, 1.165) is 25.7 Å².